The average Bonchev–Trinajstić information content (AvgIpc) is 2.38. The number of hydrogen-bond acceptors (Lipinski definition) is 3. The first-order chi connectivity index (χ1) is 8.20. The molecule has 2 atom stereocenters. The summed E-state index contributed by atoms with van der Waals surface area (Å²) in [7, 11) is 2.05. The minimum absolute atomic E-state index is 0.586. The molecule has 1 saturated heterocycles. The van der Waals surface area contributed by atoms with E-state index in [9.17, 15) is 0 Å². The molecule has 1 aliphatic heterocycles. The lowest BCUT2D eigenvalue weighted by atomic mass is 9.91. The summed E-state index contributed by atoms with van der Waals surface area (Å²) in [6, 6.07) is 4.83. The van der Waals surface area contributed by atoms with E-state index in [4.69, 9.17) is 0 Å². The van der Waals surface area contributed by atoms with Gasteiger partial charge < -0.3 is 10.2 Å². The summed E-state index contributed by atoms with van der Waals surface area (Å²) in [5, 5.41) is 3.37. The van der Waals surface area contributed by atoms with Gasteiger partial charge in [-0.3, -0.25) is 0 Å². The molecule has 17 heavy (non-hydrogen) atoms. The summed E-state index contributed by atoms with van der Waals surface area (Å²) < 4.78 is 0. The summed E-state index contributed by atoms with van der Waals surface area (Å²) in [4.78, 5) is 6.91. The molecule has 1 aliphatic rings. The predicted molar refractivity (Wildman–Crippen MR) is 72.4 cm³/mol. The molecule has 0 spiro atoms. The lowest BCUT2D eigenvalue weighted by Gasteiger charge is -2.36. The van der Waals surface area contributed by atoms with Crippen molar-refractivity contribution in [3.8, 4) is 0 Å². The van der Waals surface area contributed by atoms with Crippen LogP contribution in [0, 0.1) is 12.8 Å². The van der Waals surface area contributed by atoms with Crippen LogP contribution in [-0.4, -0.2) is 31.2 Å². The maximum absolute atomic E-state index is 4.49. The van der Waals surface area contributed by atoms with Crippen molar-refractivity contribution in [2.45, 2.75) is 32.7 Å². The van der Waals surface area contributed by atoms with Crippen LogP contribution in [0.2, 0.25) is 0 Å². The molecule has 0 saturated carbocycles. The van der Waals surface area contributed by atoms with Gasteiger partial charge in [0.05, 0.1) is 0 Å². The molecule has 2 unspecified atom stereocenters. The number of rotatable bonds is 3. The Morgan fingerprint density at radius 3 is 3.06 bits per heavy atom. The van der Waals surface area contributed by atoms with Crippen molar-refractivity contribution in [2.24, 2.45) is 5.92 Å². The summed E-state index contributed by atoms with van der Waals surface area (Å²) in [5.41, 5.74) is 1.29. The lowest BCUT2D eigenvalue weighted by Crippen LogP contribution is -2.43. The third-order valence-corrected chi connectivity index (χ3v) is 3.85. The van der Waals surface area contributed by atoms with Crippen molar-refractivity contribution >= 4 is 5.82 Å². The number of aromatic nitrogens is 1. The normalized spacial score (nSPS) is 22.5. The number of hydrogen-bond donors (Lipinski definition) is 1. The second-order valence-electron chi connectivity index (χ2n) is 5.12. The fraction of sp³-hybridized carbons (Fsp3) is 0.643. The molecular formula is C14H23N3. The van der Waals surface area contributed by atoms with Gasteiger partial charge in [0.2, 0.25) is 0 Å². The van der Waals surface area contributed by atoms with Gasteiger partial charge in [0, 0.05) is 25.3 Å². The van der Waals surface area contributed by atoms with Crippen molar-refractivity contribution < 1.29 is 0 Å². The summed E-state index contributed by atoms with van der Waals surface area (Å²) in [6.07, 6.45) is 4.51. The van der Waals surface area contributed by atoms with Crippen molar-refractivity contribution in [3.05, 3.63) is 23.9 Å². The van der Waals surface area contributed by atoms with Gasteiger partial charge in [-0.25, -0.2) is 4.98 Å². The molecule has 1 N–H and O–H groups in total. The first-order valence-corrected chi connectivity index (χ1v) is 6.55. The third-order valence-electron chi connectivity index (χ3n) is 3.85. The quantitative estimate of drug-likeness (QED) is 0.867. The van der Waals surface area contributed by atoms with Gasteiger partial charge in [-0.15, -0.1) is 0 Å². The first-order valence-electron chi connectivity index (χ1n) is 6.55. The standard InChI is InChI=1S/C14H23N3/c1-11-6-7-16-14(9-11)17-8-4-5-13(10-17)12(2)15-3/h6-7,9,12-13,15H,4-5,8,10H2,1-3H3. The maximum atomic E-state index is 4.49. The highest BCUT2D eigenvalue weighted by atomic mass is 15.2. The van der Waals surface area contributed by atoms with Gasteiger partial charge in [-0.1, -0.05) is 0 Å². The second-order valence-corrected chi connectivity index (χ2v) is 5.12. The summed E-state index contributed by atoms with van der Waals surface area (Å²) >= 11 is 0. The van der Waals surface area contributed by atoms with Crippen LogP contribution in [0.3, 0.4) is 0 Å². The summed E-state index contributed by atoms with van der Waals surface area (Å²) in [5.74, 6) is 1.87. The highest BCUT2D eigenvalue weighted by molar-refractivity contribution is 5.41. The number of nitrogens with zero attached hydrogens (tertiary/aromatic N) is 2. The molecule has 0 bridgehead atoms. The Labute approximate surface area is 104 Å². The fourth-order valence-corrected chi connectivity index (χ4v) is 2.56. The Balaban J connectivity index is 2.07. The SMILES string of the molecule is CNC(C)C1CCCN(c2cc(C)ccn2)C1. The van der Waals surface area contributed by atoms with E-state index in [1.54, 1.807) is 0 Å². The molecule has 0 aromatic carbocycles. The van der Waals surface area contributed by atoms with Crippen LogP contribution in [-0.2, 0) is 0 Å². The molecule has 1 aromatic rings. The monoisotopic (exact) mass is 233 g/mol. The third kappa shape index (κ3) is 2.97. The van der Waals surface area contributed by atoms with E-state index >= 15 is 0 Å². The van der Waals surface area contributed by atoms with E-state index in [0.29, 0.717) is 6.04 Å². The van der Waals surface area contributed by atoms with Gasteiger partial charge >= 0.3 is 0 Å². The van der Waals surface area contributed by atoms with E-state index in [1.165, 1.54) is 18.4 Å². The topological polar surface area (TPSA) is 28.2 Å². The number of nitrogens with one attached hydrogen (secondary N) is 1. The Hall–Kier alpha value is -1.09. The fourth-order valence-electron chi connectivity index (χ4n) is 2.56. The zero-order valence-electron chi connectivity index (χ0n) is 11.1. The minimum atomic E-state index is 0.586. The van der Waals surface area contributed by atoms with Crippen molar-refractivity contribution in [2.75, 3.05) is 25.0 Å². The molecule has 2 rings (SSSR count). The predicted octanol–water partition coefficient (Wildman–Crippen LogP) is 2.21. The van der Waals surface area contributed by atoms with Crippen LogP contribution in [0.15, 0.2) is 18.3 Å². The lowest BCUT2D eigenvalue weighted by molar-refractivity contribution is 0.332. The van der Waals surface area contributed by atoms with Crippen LogP contribution in [0.4, 0.5) is 5.82 Å². The van der Waals surface area contributed by atoms with Crippen molar-refractivity contribution in [1.82, 2.24) is 10.3 Å². The van der Waals surface area contributed by atoms with Crippen LogP contribution in [0.25, 0.3) is 0 Å². The van der Waals surface area contributed by atoms with Crippen molar-refractivity contribution in [1.29, 1.82) is 0 Å². The van der Waals surface area contributed by atoms with Gasteiger partial charge in [-0.05, 0) is 57.4 Å². The van der Waals surface area contributed by atoms with E-state index in [2.05, 4.69) is 48.2 Å². The first kappa shape index (κ1) is 12.4. The highest BCUT2D eigenvalue weighted by Gasteiger charge is 2.24. The smallest absolute Gasteiger partial charge is 0.128 e. The molecule has 0 aliphatic carbocycles. The molecule has 3 heteroatoms. The number of aryl methyl sites for hydroxylation is 1. The van der Waals surface area contributed by atoms with Crippen LogP contribution in [0.1, 0.15) is 25.3 Å². The molecule has 94 valence electrons. The zero-order valence-corrected chi connectivity index (χ0v) is 11.1. The highest BCUT2D eigenvalue weighted by Crippen LogP contribution is 2.23. The number of pyridine rings is 1. The molecule has 0 radical (unpaired) electrons. The number of piperidine rings is 1. The molecular weight excluding hydrogens is 210 g/mol. The Kier molecular flexibility index (Phi) is 4.00. The molecule has 1 aromatic heterocycles. The maximum Gasteiger partial charge on any atom is 0.128 e. The number of anilines is 1. The van der Waals surface area contributed by atoms with E-state index in [1.807, 2.05) is 6.20 Å². The van der Waals surface area contributed by atoms with Crippen LogP contribution in [0.5, 0.6) is 0 Å². The van der Waals surface area contributed by atoms with Crippen LogP contribution < -0.4 is 10.2 Å². The molecule has 0 amide bonds. The van der Waals surface area contributed by atoms with Crippen molar-refractivity contribution in [3.63, 3.8) is 0 Å². The van der Waals surface area contributed by atoms with Crippen LogP contribution >= 0.6 is 0 Å². The Morgan fingerprint density at radius 2 is 2.35 bits per heavy atom. The molecule has 1 fully saturated rings. The van der Waals surface area contributed by atoms with Gasteiger partial charge in [-0.2, -0.15) is 0 Å². The molecule has 3 nitrogen and oxygen atoms in total. The van der Waals surface area contributed by atoms with E-state index in [0.717, 1.165) is 24.8 Å². The van der Waals surface area contributed by atoms with E-state index < -0.39 is 0 Å². The Bertz CT molecular complexity index is 364. The second kappa shape index (κ2) is 5.50. The zero-order chi connectivity index (χ0) is 12.3. The Morgan fingerprint density at radius 1 is 1.53 bits per heavy atom. The largest absolute Gasteiger partial charge is 0.356 e. The molecule has 2 heterocycles. The van der Waals surface area contributed by atoms with Gasteiger partial charge in [0.25, 0.3) is 0 Å². The van der Waals surface area contributed by atoms with Gasteiger partial charge in [0.15, 0.2) is 0 Å². The van der Waals surface area contributed by atoms with Gasteiger partial charge in [0.1, 0.15) is 5.82 Å². The average molecular weight is 233 g/mol. The van der Waals surface area contributed by atoms with E-state index in [-0.39, 0.29) is 0 Å². The summed E-state index contributed by atoms with van der Waals surface area (Å²) in [6.45, 7) is 6.67. The minimum Gasteiger partial charge on any atom is -0.356 e.